The predicted molar refractivity (Wildman–Crippen MR) is 171 cm³/mol. The van der Waals surface area contributed by atoms with Gasteiger partial charge in [0.2, 0.25) is 0 Å². The van der Waals surface area contributed by atoms with Crippen molar-refractivity contribution in [2.24, 2.45) is 0 Å². The van der Waals surface area contributed by atoms with Crippen LogP contribution in [0.3, 0.4) is 0 Å². The first-order valence-corrected chi connectivity index (χ1v) is 14.2. The lowest BCUT2D eigenvalue weighted by molar-refractivity contribution is 0.660. The second-order valence-corrected chi connectivity index (χ2v) is 11.4. The van der Waals surface area contributed by atoms with Crippen LogP contribution < -0.4 is 4.90 Å². The minimum absolute atomic E-state index is 0.0812. The lowest BCUT2D eigenvalue weighted by Gasteiger charge is -2.28. The van der Waals surface area contributed by atoms with Crippen LogP contribution in [0.25, 0.3) is 44.2 Å². The topological polar surface area (TPSA) is 16.4 Å². The Balaban J connectivity index is 1.33. The Hall–Kier alpha value is -5.08. The first-order chi connectivity index (χ1) is 20.1. The molecule has 41 heavy (non-hydrogen) atoms. The van der Waals surface area contributed by atoms with Crippen molar-refractivity contribution in [3.8, 4) is 22.3 Å². The number of hydrogen-bond donors (Lipinski definition) is 0. The molecule has 0 amide bonds. The highest BCUT2D eigenvalue weighted by molar-refractivity contribution is 6.06. The Kier molecular flexibility index (Phi) is 5.20. The van der Waals surface area contributed by atoms with E-state index in [4.69, 9.17) is 4.42 Å². The van der Waals surface area contributed by atoms with Crippen LogP contribution in [0.15, 0.2) is 144 Å². The molecule has 1 aliphatic rings. The van der Waals surface area contributed by atoms with Crippen molar-refractivity contribution in [2.75, 3.05) is 4.90 Å². The maximum absolute atomic E-state index is 6.33. The van der Waals surface area contributed by atoms with Crippen molar-refractivity contribution < 1.29 is 4.42 Å². The summed E-state index contributed by atoms with van der Waals surface area (Å²) in [5.41, 5.74) is 12.8. The molecule has 0 N–H and O–H groups in total. The van der Waals surface area contributed by atoms with Crippen LogP contribution in [0.2, 0.25) is 0 Å². The fourth-order valence-electron chi connectivity index (χ4n) is 6.59. The zero-order chi connectivity index (χ0) is 27.6. The minimum atomic E-state index is -0.0812. The van der Waals surface area contributed by atoms with Gasteiger partial charge in [0.1, 0.15) is 11.2 Å². The highest BCUT2D eigenvalue weighted by Crippen LogP contribution is 2.50. The number of benzene rings is 6. The van der Waals surface area contributed by atoms with Gasteiger partial charge in [0.05, 0.1) is 0 Å². The van der Waals surface area contributed by atoms with Crippen LogP contribution >= 0.6 is 0 Å². The van der Waals surface area contributed by atoms with E-state index in [0.717, 1.165) is 39.0 Å². The summed E-state index contributed by atoms with van der Waals surface area (Å²) in [5.74, 6) is 0. The van der Waals surface area contributed by atoms with Gasteiger partial charge in [0, 0.05) is 39.3 Å². The van der Waals surface area contributed by atoms with Crippen LogP contribution in [0.5, 0.6) is 0 Å². The second kappa shape index (κ2) is 8.97. The van der Waals surface area contributed by atoms with E-state index in [1.165, 1.54) is 33.4 Å². The second-order valence-electron chi connectivity index (χ2n) is 11.4. The summed E-state index contributed by atoms with van der Waals surface area (Å²) >= 11 is 0. The molecule has 8 rings (SSSR count). The zero-order valence-electron chi connectivity index (χ0n) is 23.1. The smallest absolute Gasteiger partial charge is 0.137 e. The first kappa shape index (κ1) is 23.8. The van der Waals surface area contributed by atoms with Gasteiger partial charge in [0.25, 0.3) is 0 Å². The van der Waals surface area contributed by atoms with Gasteiger partial charge in [0.15, 0.2) is 0 Å². The van der Waals surface area contributed by atoms with Crippen LogP contribution in [0.1, 0.15) is 25.0 Å². The van der Waals surface area contributed by atoms with Gasteiger partial charge in [-0.1, -0.05) is 105 Å². The Morgan fingerprint density at radius 3 is 2.02 bits per heavy atom. The fraction of sp³-hybridized carbons (Fsp3) is 0.0769. The highest BCUT2D eigenvalue weighted by atomic mass is 16.3. The molecule has 7 aromatic rings. The molecule has 1 aliphatic carbocycles. The van der Waals surface area contributed by atoms with Gasteiger partial charge < -0.3 is 9.32 Å². The van der Waals surface area contributed by atoms with Crippen LogP contribution in [0, 0.1) is 0 Å². The third-order valence-corrected chi connectivity index (χ3v) is 8.66. The van der Waals surface area contributed by atoms with E-state index in [1.807, 2.05) is 12.1 Å². The summed E-state index contributed by atoms with van der Waals surface area (Å²) in [4.78, 5) is 2.36. The van der Waals surface area contributed by atoms with E-state index in [9.17, 15) is 0 Å². The number of hydrogen-bond acceptors (Lipinski definition) is 2. The summed E-state index contributed by atoms with van der Waals surface area (Å²) in [6.45, 7) is 4.67. The monoisotopic (exact) mass is 527 g/mol. The lowest BCUT2D eigenvalue weighted by atomic mass is 9.82. The fourth-order valence-corrected chi connectivity index (χ4v) is 6.59. The maximum Gasteiger partial charge on any atom is 0.137 e. The van der Waals surface area contributed by atoms with Crippen molar-refractivity contribution in [2.45, 2.75) is 19.3 Å². The summed E-state index contributed by atoms with van der Waals surface area (Å²) in [6.07, 6.45) is 0. The SMILES string of the molecule is CC1(C)c2ccccc2-c2ccc(N(c3cccc(-c4ccccc4)c3)c3ccc4c(c3)oc3ccccc34)cc21. The Bertz CT molecular complexity index is 2080. The number of para-hydroxylation sites is 1. The molecule has 0 bridgehead atoms. The van der Waals surface area contributed by atoms with Gasteiger partial charge in [-0.15, -0.1) is 0 Å². The quantitative estimate of drug-likeness (QED) is 0.226. The van der Waals surface area contributed by atoms with E-state index < -0.39 is 0 Å². The van der Waals surface area contributed by atoms with Gasteiger partial charge in [-0.05, 0) is 75.8 Å². The molecule has 0 radical (unpaired) electrons. The van der Waals surface area contributed by atoms with Crippen molar-refractivity contribution in [3.63, 3.8) is 0 Å². The van der Waals surface area contributed by atoms with Gasteiger partial charge in [-0.25, -0.2) is 0 Å². The molecule has 2 heteroatoms. The van der Waals surface area contributed by atoms with Gasteiger partial charge >= 0.3 is 0 Å². The molecule has 6 aromatic carbocycles. The van der Waals surface area contributed by atoms with Gasteiger partial charge in [-0.3, -0.25) is 0 Å². The normalized spacial score (nSPS) is 13.3. The summed E-state index contributed by atoms with van der Waals surface area (Å²) in [5, 5.41) is 2.27. The molecular weight excluding hydrogens is 498 g/mol. The highest BCUT2D eigenvalue weighted by Gasteiger charge is 2.35. The Morgan fingerprint density at radius 1 is 0.463 bits per heavy atom. The molecule has 1 heterocycles. The number of nitrogens with zero attached hydrogens (tertiary/aromatic N) is 1. The predicted octanol–water partition coefficient (Wildman–Crippen LogP) is 11.0. The molecule has 1 aromatic heterocycles. The van der Waals surface area contributed by atoms with E-state index in [2.05, 4.69) is 146 Å². The third-order valence-electron chi connectivity index (χ3n) is 8.66. The number of furan rings is 1. The molecule has 2 nitrogen and oxygen atoms in total. The standard InChI is InChI=1S/C39H29NO/c1-39(2)35-17-8-6-15-31(35)32-21-19-29(24-36(32)39)40(28-14-10-13-27(23-28)26-11-4-3-5-12-26)30-20-22-34-33-16-7-9-18-37(33)41-38(34)25-30/h3-25H,1-2H3. The number of anilines is 3. The molecule has 0 saturated carbocycles. The van der Waals surface area contributed by atoms with Crippen LogP contribution in [0.4, 0.5) is 17.1 Å². The Labute approximate surface area is 240 Å². The van der Waals surface area contributed by atoms with Gasteiger partial charge in [-0.2, -0.15) is 0 Å². The summed E-state index contributed by atoms with van der Waals surface area (Å²) in [7, 11) is 0. The minimum Gasteiger partial charge on any atom is -0.456 e. The molecule has 0 aliphatic heterocycles. The van der Waals surface area contributed by atoms with Crippen molar-refractivity contribution in [1.82, 2.24) is 0 Å². The Morgan fingerprint density at radius 2 is 1.12 bits per heavy atom. The van der Waals surface area contributed by atoms with Crippen molar-refractivity contribution in [1.29, 1.82) is 0 Å². The summed E-state index contributed by atoms with van der Waals surface area (Å²) in [6, 6.07) is 50.0. The number of fused-ring (bicyclic) bond motifs is 6. The molecule has 0 atom stereocenters. The van der Waals surface area contributed by atoms with E-state index >= 15 is 0 Å². The molecule has 0 spiro atoms. The molecule has 0 unspecified atom stereocenters. The maximum atomic E-state index is 6.33. The average molecular weight is 528 g/mol. The lowest BCUT2D eigenvalue weighted by Crippen LogP contribution is -2.16. The molecule has 196 valence electrons. The van der Waals surface area contributed by atoms with Crippen molar-refractivity contribution in [3.05, 3.63) is 151 Å². The van der Waals surface area contributed by atoms with Crippen LogP contribution in [-0.2, 0) is 5.41 Å². The van der Waals surface area contributed by atoms with Crippen LogP contribution in [-0.4, -0.2) is 0 Å². The number of rotatable bonds is 4. The first-order valence-electron chi connectivity index (χ1n) is 14.2. The van der Waals surface area contributed by atoms with E-state index in [-0.39, 0.29) is 5.41 Å². The summed E-state index contributed by atoms with van der Waals surface area (Å²) < 4.78 is 6.33. The molecule has 0 fully saturated rings. The largest absolute Gasteiger partial charge is 0.456 e. The zero-order valence-corrected chi connectivity index (χ0v) is 23.1. The average Bonchev–Trinajstić information content (AvgIpc) is 3.50. The third kappa shape index (κ3) is 3.72. The van der Waals surface area contributed by atoms with Crippen molar-refractivity contribution >= 4 is 39.0 Å². The van der Waals surface area contributed by atoms with E-state index in [0.29, 0.717) is 0 Å². The van der Waals surface area contributed by atoms with E-state index in [1.54, 1.807) is 0 Å². The molecular formula is C39H29NO. The molecule has 0 saturated heterocycles.